The summed E-state index contributed by atoms with van der Waals surface area (Å²) >= 11 is 5.84. The molecule has 2 N–H and O–H groups in total. The normalized spacial score (nSPS) is 10.3. The molecule has 0 fully saturated rings. The SMILES string of the molecule is CCN(Cc1ccccc1N)c1ccc(Cl)cn1. The maximum atomic E-state index is 5.96. The molecule has 0 aliphatic carbocycles. The van der Waals surface area contributed by atoms with Crippen molar-refractivity contribution in [3.05, 3.63) is 53.2 Å². The summed E-state index contributed by atoms with van der Waals surface area (Å²) in [4.78, 5) is 6.48. The second kappa shape index (κ2) is 5.74. The maximum absolute atomic E-state index is 5.96. The van der Waals surface area contributed by atoms with Crippen LogP contribution in [-0.2, 0) is 6.54 Å². The molecule has 4 heteroatoms. The summed E-state index contributed by atoms with van der Waals surface area (Å²) in [6, 6.07) is 11.7. The number of anilines is 2. The van der Waals surface area contributed by atoms with Crippen molar-refractivity contribution in [3.63, 3.8) is 0 Å². The largest absolute Gasteiger partial charge is 0.398 e. The van der Waals surface area contributed by atoms with Crippen LogP contribution in [0.2, 0.25) is 5.02 Å². The number of aromatic nitrogens is 1. The summed E-state index contributed by atoms with van der Waals surface area (Å²) in [7, 11) is 0. The van der Waals surface area contributed by atoms with E-state index in [1.165, 1.54) is 0 Å². The zero-order valence-electron chi connectivity index (χ0n) is 10.3. The van der Waals surface area contributed by atoms with Crippen molar-refractivity contribution >= 4 is 23.1 Å². The number of nitrogens with two attached hydrogens (primary N) is 1. The van der Waals surface area contributed by atoms with Gasteiger partial charge in [0.05, 0.1) is 5.02 Å². The van der Waals surface area contributed by atoms with Crippen LogP contribution in [0.1, 0.15) is 12.5 Å². The molecule has 94 valence electrons. The van der Waals surface area contributed by atoms with Gasteiger partial charge in [-0.2, -0.15) is 0 Å². The van der Waals surface area contributed by atoms with Crippen LogP contribution in [0.25, 0.3) is 0 Å². The van der Waals surface area contributed by atoms with E-state index in [0.29, 0.717) is 5.02 Å². The lowest BCUT2D eigenvalue weighted by Crippen LogP contribution is -2.23. The van der Waals surface area contributed by atoms with E-state index in [9.17, 15) is 0 Å². The van der Waals surface area contributed by atoms with E-state index >= 15 is 0 Å². The molecule has 1 heterocycles. The zero-order chi connectivity index (χ0) is 13.0. The number of para-hydroxylation sites is 1. The van der Waals surface area contributed by atoms with Crippen molar-refractivity contribution in [1.29, 1.82) is 0 Å². The van der Waals surface area contributed by atoms with Gasteiger partial charge < -0.3 is 10.6 Å². The number of nitrogen functional groups attached to an aromatic ring is 1. The number of pyridine rings is 1. The van der Waals surface area contributed by atoms with Crippen molar-refractivity contribution < 1.29 is 0 Å². The Morgan fingerprint density at radius 1 is 1.22 bits per heavy atom. The van der Waals surface area contributed by atoms with Gasteiger partial charge >= 0.3 is 0 Å². The van der Waals surface area contributed by atoms with Crippen molar-refractivity contribution in [2.75, 3.05) is 17.2 Å². The lowest BCUT2D eigenvalue weighted by Gasteiger charge is -2.22. The van der Waals surface area contributed by atoms with E-state index in [1.54, 1.807) is 6.20 Å². The van der Waals surface area contributed by atoms with Gasteiger partial charge in [0.15, 0.2) is 0 Å². The fourth-order valence-electron chi connectivity index (χ4n) is 1.79. The van der Waals surface area contributed by atoms with Crippen molar-refractivity contribution in [2.24, 2.45) is 0 Å². The second-order valence-electron chi connectivity index (χ2n) is 4.05. The summed E-state index contributed by atoms with van der Waals surface area (Å²) < 4.78 is 0. The first-order chi connectivity index (χ1) is 8.70. The molecule has 0 atom stereocenters. The van der Waals surface area contributed by atoms with E-state index in [4.69, 9.17) is 17.3 Å². The van der Waals surface area contributed by atoms with Gasteiger partial charge in [0.25, 0.3) is 0 Å². The molecule has 2 rings (SSSR count). The summed E-state index contributed by atoms with van der Waals surface area (Å²) in [5.41, 5.74) is 7.88. The third-order valence-corrected chi connectivity index (χ3v) is 3.06. The minimum Gasteiger partial charge on any atom is -0.398 e. The van der Waals surface area contributed by atoms with Crippen LogP contribution >= 0.6 is 11.6 Å². The highest BCUT2D eigenvalue weighted by Crippen LogP contribution is 2.19. The minimum absolute atomic E-state index is 0.647. The van der Waals surface area contributed by atoms with Crippen LogP contribution in [0.5, 0.6) is 0 Å². The lowest BCUT2D eigenvalue weighted by molar-refractivity contribution is 0.815. The molecule has 0 bridgehead atoms. The lowest BCUT2D eigenvalue weighted by atomic mass is 10.1. The number of hydrogen-bond donors (Lipinski definition) is 1. The molecule has 3 nitrogen and oxygen atoms in total. The Bertz CT molecular complexity index is 511. The molecule has 0 radical (unpaired) electrons. The molecule has 18 heavy (non-hydrogen) atoms. The number of nitrogens with zero attached hydrogens (tertiary/aromatic N) is 2. The molecule has 0 saturated heterocycles. The van der Waals surface area contributed by atoms with Crippen LogP contribution in [0.4, 0.5) is 11.5 Å². The van der Waals surface area contributed by atoms with Crippen LogP contribution in [0, 0.1) is 0 Å². The Morgan fingerprint density at radius 3 is 2.61 bits per heavy atom. The monoisotopic (exact) mass is 261 g/mol. The van der Waals surface area contributed by atoms with Crippen LogP contribution < -0.4 is 10.6 Å². The van der Waals surface area contributed by atoms with Gasteiger partial charge in [0, 0.05) is 25.0 Å². The summed E-state index contributed by atoms with van der Waals surface area (Å²) in [6.07, 6.45) is 1.66. The van der Waals surface area contributed by atoms with E-state index in [-0.39, 0.29) is 0 Å². The summed E-state index contributed by atoms with van der Waals surface area (Å²) in [5.74, 6) is 0.908. The molecule has 0 aliphatic rings. The smallest absolute Gasteiger partial charge is 0.128 e. The third kappa shape index (κ3) is 2.93. The highest BCUT2D eigenvalue weighted by atomic mass is 35.5. The van der Waals surface area contributed by atoms with Crippen molar-refractivity contribution in [3.8, 4) is 0 Å². The molecule has 2 aromatic rings. The number of rotatable bonds is 4. The molecule has 1 aromatic heterocycles. The molecule has 0 unspecified atom stereocenters. The summed E-state index contributed by atoms with van der Waals surface area (Å²) in [6.45, 7) is 3.70. The second-order valence-corrected chi connectivity index (χ2v) is 4.48. The molecule has 1 aromatic carbocycles. The zero-order valence-corrected chi connectivity index (χ0v) is 11.1. The fraction of sp³-hybridized carbons (Fsp3) is 0.214. The van der Waals surface area contributed by atoms with Gasteiger partial charge in [-0.15, -0.1) is 0 Å². The number of halogens is 1. The highest BCUT2D eigenvalue weighted by molar-refractivity contribution is 6.30. The first-order valence-electron chi connectivity index (χ1n) is 5.90. The van der Waals surface area contributed by atoms with Gasteiger partial charge in [-0.3, -0.25) is 0 Å². The predicted octanol–water partition coefficient (Wildman–Crippen LogP) is 3.34. The topological polar surface area (TPSA) is 42.1 Å². The van der Waals surface area contributed by atoms with E-state index in [0.717, 1.165) is 30.2 Å². The molecule has 0 spiro atoms. The van der Waals surface area contributed by atoms with E-state index < -0.39 is 0 Å². The van der Waals surface area contributed by atoms with E-state index in [1.807, 2.05) is 36.4 Å². The number of hydrogen-bond acceptors (Lipinski definition) is 3. The van der Waals surface area contributed by atoms with Crippen molar-refractivity contribution in [2.45, 2.75) is 13.5 Å². The Labute approximate surface area is 112 Å². The Balaban J connectivity index is 2.20. The van der Waals surface area contributed by atoms with Gasteiger partial charge in [0.1, 0.15) is 5.82 Å². The highest BCUT2D eigenvalue weighted by Gasteiger charge is 2.08. The minimum atomic E-state index is 0.647. The van der Waals surface area contributed by atoms with Crippen LogP contribution in [0.3, 0.4) is 0 Å². The van der Waals surface area contributed by atoms with Gasteiger partial charge in [-0.1, -0.05) is 29.8 Å². The first kappa shape index (κ1) is 12.7. The molecule has 0 aliphatic heterocycles. The standard InChI is InChI=1S/C14H16ClN3/c1-2-18(14-8-7-12(15)9-17-14)10-11-5-3-4-6-13(11)16/h3-9H,2,10,16H2,1H3. The molecular weight excluding hydrogens is 246 g/mol. The average Bonchev–Trinajstić information content (AvgIpc) is 2.39. The maximum Gasteiger partial charge on any atom is 0.128 e. The quantitative estimate of drug-likeness (QED) is 0.859. The average molecular weight is 262 g/mol. The Hall–Kier alpha value is -1.74. The first-order valence-corrected chi connectivity index (χ1v) is 6.28. The van der Waals surface area contributed by atoms with Gasteiger partial charge in [-0.25, -0.2) is 4.98 Å². The predicted molar refractivity (Wildman–Crippen MR) is 76.8 cm³/mol. The van der Waals surface area contributed by atoms with Gasteiger partial charge in [0.2, 0.25) is 0 Å². The Kier molecular flexibility index (Phi) is 4.05. The van der Waals surface area contributed by atoms with Crippen LogP contribution in [-0.4, -0.2) is 11.5 Å². The Morgan fingerprint density at radius 2 is 2.00 bits per heavy atom. The summed E-state index contributed by atoms with van der Waals surface area (Å²) in [5, 5.41) is 0.647. The molecular formula is C14H16ClN3. The third-order valence-electron chi connectivity index (χ3n) is 2.83. The molecule has 0 amide bonds. The van der Waals surface area contributed by atoms with Crippen LogP contribution in [0.15, 0.2) is 42.6 Å². The van der Waals surface area contributed by atoms with Crippen molar-refractivity contribution in [1.82, 2.24) is 4.98 Å². The number of benzene rings is 1. The molecule has 0 saturated carbocycles. The fourth-order valence-corrected chi connectivity index (χ4v) is 1.91. The van der Waals surface area contributed by atoms with Gasteiger partial charge in [-0.05, 0) is 30.7 Å². The van der Waals surface area contributed by atoms with E-state index in [2.05, 4.69) is 16.8 Å².